The molecule has 1 aromatic carbocycles. The molecule has 0 bridgehead atoms. The number of ether oxygens (including phenoxy) is 2. The second-order valence-corrected chi connectivity index (χ2v) is 8.28. The van der Waals surface area contributed by atoms with Gasteiger partial charge >= 0.3 is 0 Å². The van der Waals surface area contributed by atoms with Gasteiger partial charge in [-0.25, -0.2) is 12.7 Å². The number of hydrogen-bond donors (Lipinski definition) is 1. The number of nitrogens with one attached hydrogen (secondary N) is 1. The normalized spacial score (nSPS) is 21.0. The summed E-state index contributed by atoms with van der Waals surface area (Å²) in [5.74, 6) is 0.311. The van der Waals surface area contributed by atoms with Crippen molar-refractivity contribution < 1.29 is 22.7 Å². The van der Waals surface area contributed by atoms with E-state index in [1.54, 1.807) is 19.2 Å². The number of carbonyl (C=O) groups is 1. The van der Waals surface area contributed by atoms with E-state index in [1.807, 2.05) is 12.1 Å². The van der Waals surface area contributed by atoms with Gasteiger partial charge in [0.15, 0.2) is 0 Å². The van der Waals surface area contributed by atoms with Crippen LogP contribution in [0.3, 0.4) is 0 Å². The van der Waals surface area contributed by atoms with E-state index in [-0.39, 0.29) is 30.0 Å². The number of carbonyl (C=O) groups excluding carboxylic acids is 1. The molecule has 1 aliphatic rings. The average molecular weight is 356 g/mol. The van der Waals surface area contributed by atoms with Gasteiger partial charge in [-0.1, -0.05) is 12.1 Å². The highest BCUT2D eigenvalue weighted by molar-refractivity contribution is 7.89. The van der Waals surface area contributed by atoms with Crippen LogP contribution in [0.15, 0.2) is 24.3 Å². The van der Waals surface area contributed by atoms with Crippen molar-refractivity contribution in [3.63, 3.8) is 0 Å². The number of nitrogens with zero attached hydrogens (tertiary/aromatic N) is 1. The maximum Gasteiger partial charge on any atom is 0.224 e. The average Bonchev–Trinajstić information content (AvgIpc) is 2.94. The van der Waals surface area contributed by atoms with Gasteiger partial charge in [-0.05, 0) is 17.7 Å². The minimum absolute atomic E-state index is 0.0342. The molecule has 134 valence electrons. The van der Waals surface area contributed by atoms with E-state index in [9.17, 15) is 13.2 Å². The number of amides is 1. The summed E-state index contributed by atoms with van der Waals surface area (Å²) >= 11 is 0. The zero-order valence-electron chi connectivity index (χ0n) is 14.2. The largest absolute Gasteiger partial charge is 0.497 e. The lowest BCUT2D eigenvalue weighted by Crippen LogP contribution is -2.44. The van der Waals surface area contributed by atoms with Gasteiger partial charge in [0.05, 0.1) is 38.5 Å². The maximum atomic E-state index is 12.2. The van der Waals surface area contributed by atoms with Crippen molar-refractivity contribution in [1.29, 1.82) is 0 Å². The van der Waals surface area contributed by atoms with Crippen molar-refractivity contribution in [3.8, 4) is 5.75 Å². The van der Waals surface area contributed by atoms with Crippen molar-refractivity contribution in [2.45, 2.75) is 12.5 Å². The molecule has 0 radical (unpaired) electrons. The van der Waals surface area contributed by atoms with E-state index in [0.29, 0.717) is 13.2 Å². The SMILES string of the molecule is COc1ccc(CC(=O)N[C@@H]2COC[C@H]2CS(=O)(=O)N(C)C)cc1. The molecule has 1 heterocycles. The highest BCUT2D eigenvalue weighted by Gasteiger charge is 2.34. The summed E-state index contributed by atoms with van der Waals surface area (Å²) in [4.78, 5) is 12.2. The Kier molecular flexibility index (Phi) is 6.20. The topological polar surface area (TPSA) is 84.9 Å². The van der Waals surface area contributed by atoms with Crippen LogP contribution in [0.4, 0.5) is 0 Å². The van der Waals surface area contributed by atoms with Gasteiger partial charge < -0.3 is 14.8 Å². The summed E-state index contributed by atoms with van der Waals surface area (Å²) < 4.78 is 35.7. The van der Waals surface area contributed by atoms with Crippen molar-refractivity contribution in [2.75, 3.05) is 40.2 Å². The van der Waals surface area contributed by atoms with Crippen molar-refractivity contribution in [2.24, 2.45) is 5.92 Å². The van der Waals surface area contributed by atoms with E-state index in [0.717, 1.165) is 11.3 Å². The molecule has 2 rings (SSSR count). The first-order valence-electron chi connectivity index (χ1n) is 7.72. The summed E-state index contributed by atoms with van der Waals surface area (Å²) in [5.41, 5.74) is 0.865. The minimum atomic E-state index is -3.33. The molecular weight excluding hydrogens is 332 g/mol. The van der Waals surface area contributed by atoms with Gasteiger partial charge in [0, 0.05) is 20.0 Å². The lowest BCUT2D eigenvalue weighted by molar-refractivity contribution is -0.121. The summed E-state index contributed by atoms with van der Waals surface area (Å²) in [7, 11) is 1.26. The van der Waals surface area contributed by atoms with Crippen LogP contribution in [-0.4, -0.2) is 64.8 Å². The molecule has 0 saturated carbocycles. The van der Waals surface area contributed by atoms with Crippen LogP contribution in [0.1, 0.15) is 5.56 Å². The summed E-state index contributed by atoms with van der Waals surface area (Å²) in [6.07, 6.45) is 0.230. The zero-order chi connectivity index (χ0) is 17.7. The number of sulfonamides is 1. The lowest BCUT2D eigenvalue weighted by Gasteiger charge is -2.21. The quantitative estimate of drug-likeness (QED) is 0.758. The van der Waals surface area contributed by atoms with Crippen LogP contribution in [-0.2, 0) is 26.0 Å². The van der Waals surface area contributed by atoms with E-state index >= 15 is 0 Å². The molecule has 1 N–H and O–H groups in total. The summed E-state index contributed by atoms with van der Waals surface area (Å²) in [6, 6.07) is 6.97. The molecule has 1 aliphatic heterocycles. The molecule has 1 fully saturated rings. The molecule has 2 atom stereocenters. The second kappa shape index (κ2) is 7.96. The fourth-order valence-corrected chi connectivity index (χ4v) is 3.70. The predicted octanol–water partition coefficient (Wildman–Crippen LogP) is 0.260. The van der Waals surface area contributed by atoms with Crippen molar-refractivity contribution >= 4 is 15.9 Å². The van der Waals surface area contributed by atoms with Crippen LogP contribution < -0.4 is 10.1 Å². The molecule has 0 spiro atoms. The smallest absolute Gasteiger partial charge is 0.224 e. The lowest BCUT2D eigenvalue weighted by atomic mass is 10.1. The first-order valence-corrected chi connectivity index (χ1v) is 9.33. The Balaban J connectivity index is 1.92. The van der Waals surface area contributed by atoms with Crippen LogP contribution in [0.2, 0.25) is 0 Å². The van der Waals surface area contributed by atoms with Crippen molar-refractivity contribution in [1.82, 2.24) is 9.62 Å². The van der Waals surface area contributed by atoms with Crippen LogP contribution in [0, 0.1) is 5.92 Å². The molecule has 1 aromatic rings. The third-order valence-corrected chi connectivity index (χ3v) is 6.01. The van der Waals surface area contributed by atoms with E-state index < -0.39 is 10.0 Å². The van der Waals surface area contributed by atoms with Crippen LogP contribution >= 0.6 is 0 Å². The van der Waals surface area contributed by atoms with Crippen LogP contribution in [0.25, 0.3) is 0 Å². The first-order chi connectivity index (χ1) is 11.3. The molecule has 1 saturated heterocycles. The minimum Gasteiger partial charge on any atom is -0.497 e. The molecular formula is C16H24N2O5S. The third-order valence-electron chi connectivity index (χ3n) is 4.05. The highest BCUT2D eigenvalue weighted by atomic mass is 32.2. The summed E-state index contributed by atoms with van der Waals surface area (Å²) in [6.45, 7) is 0.669. The molecule has 7 nitrogen and oxygen atoms in total. The van der Waals surface area contributed by atoms with Gasteiger partial charge in [0.2, 0.25) is 15.9 Å². The van der Waals surface area contributed by atoms with E-state index in [1.165, 1.54) is 18.4 Å². The third kappa shape index (κ3) is 4.93. The zero-order valence-corrected chi connectivity index (χ0v) is 15.0. The Morgan fingerprint density at radius 3 is 2.54 bits per heavy atom. The maximum absolute atomic E-state index is 12.2. The fraction of sp³-hybridized carbons (Fsp3) is 0.562. The molecule has 0 aliphatic carbocycles. The van der Waals surface area contributed by atoms with Gasteiger partial charge in [0.1, 0.15) is 5.75 Å². The predicted molar refractivity (Wildman–Crippen MR) is 90.4 cm³/mol. The molecule has 24 heavy (non-hydrogen) atoms. The standard InChI is InChI=1S/C16H24N2O5S/c1-18(2)24(20,21)11-13-9-23-10-15(13)17-16(19)8-12-4-6-14(22-3)7-5-12/h4-7,13,15H,8-11H2,1-3H3,(H,17,19)/t13-,15+/m0/s1. The number of benzene rings is 1. The van der Waals surface area contributed by atoms with E-state index in [4.69, 9.17) is 9.47 Å². The van der Waals surface area contributed by atoms with Gasteiger partial charge in [-0.15, -0.1) is 0 Å². The monoisotopic (exact) mass is 356 g/mol. The molecule has 8 heteroatoms. The fourth-order valence-electron chi connectivity index (χ4n) is 2.53. The molecule has 1 amide bonds. The second-order valence-electron chi connectivity index (χ2n) is 6.06. The Hall–Kier alpha value is -1.64. The highest BCUT2D eigenvalue weighted by Crippen LogP contribution is 2.18. The number of methoxy groups -OCH3 is 1. The first kappa shape index (κ1) is 18.7. The van der Waals surface area contributed by atoms with E-state index in [2.05, 4.69) is 5.32 Å². The van der Waals surface area contributed by atoms with Gasteiger partial charge in [-0.3, -0.25) is 4.79 Å². The summed E-state index contributed by atoms with van der Waals surface area (Å²) in [5, 5.41) is 2.89. The number of rotatable bonds is 7. The molecule has 0 aromatic heterocycles. The van der Waals surface area contributed by atoms with Crippen molar-refractivity contribution in [3.05, 3.63) is 29.8 Å². The van der Waals surface area contributed by atoms with Gasteiger partial charge in [-0.2, -0.15) is 0 Å². The Morgan fingerprint density at radius 2 is 1.96 bits per heavy atom. The Morgan fingerprint density at radius 1 is 1.29 bits per heavy atom. The Bertz CT molecular complexity index is 658. The number of hydrogen-bond acceptors (Lipinski definition) is 5. The van der Waals surface area contributed by atoms with Gasteiger partial charge in [0.25, 0.3) is 0 Å². The molecule has 0 unspecified atom stereocenters. The van der Waals surface area contributed by atoms with Crippen LogP contribution in [0.5, 0.6) is 5.75 Å². The Labute approximate surface area is 143 Å².